The minimum absolute atomic E-state index is 0.612. The Bertz CT molecular complexity index is 537. The number of ether oxygens (including phenoxy) is 2. The van der Waals surface area contributed by atoms with Gasteiger partial charge in [-0.05, 0) is 26.0 Å². The second-order valence-electron chi connectivity index (χ2n) is 4.17. The normalized spacial score (nSPS) is 10.3. The molecule has 0 aliphatic rings. The van der Waals surface area contributed by atoms with Crippen molar-refractivity contribution in [2.75, 3.05) is 19.0 Å². The molecule has 2 N–H and O–H groups in total. The number of aryl methyl sites for hydroxylation is 1. The smallest absolute Gasteiger partial charge is 0.163 e. The molecule has 0 spiro atoms. The third kappa shape index (κ3) is 3.19. The number of rotatable bonds is 6. The van der Waals surface area contributed by atoms with Crippen molar-refractivity contribution in [3.8, 4) is 11.5 Å². The lowest BCUT2D eigenvalue weighted by molar-refractivity contribution is 0.311. The lowest BCUT2D eigenvalue weighted by Gasteiger charge is -2.12. The maximum absolute atomic E-state index is 5.55. The van der Waals surface area contributed by atoms with Gasteiger partial charge in [-0.15, -0.1) is 0 Å². The topological polar surface area (TPSA) is 59.2 Å². The van der Waals surface area contributed by atoms with Crippen molar-refractivity contribution in [2.24, 2.45) is 0 Å². The van der Waals surface area contributed by atoms with Crippen LogP contribution in [0, 0.1) is 6.92 Å². The van der Waals surface area contributed by atoms with E-state index in [1.165, 1.54) is 0 Å². The lowest BCUT2D eigenvalue weighted by Crippen LogP contribution is -2.01. The summed E-state index contributed by atoms with van der Waals surface area (Å²) in [5.74, 6) is 1.49. The highest BCUT2D eigenvalue weighted by atomic mass is 16.5. The van der Waals surface area contributed by atoms with E-state index in [2.05, 4.69) is 15.5 Å². The van der Waals surface area contributed by atoms with E-state index in [0.29, 0.717) is 6.61 Å². The third-order valence-electron chi connectivity index (χ3n) is 2.88. The van der Waals surface area contributed by atoms with E-state index >= 15 is 0 Å². The van der Waals surface area contributed by atoms with E-state index in [0.717, 1.165) is 35.0 Å². The van der Waals surface area contributed by atoms with Crippen LogP contribution >= 0.6 is 0 Å². The van der Waals surface area contributed by atoms with Crippen LogP contribution in [0.5, 0.6) is 11.5 Å². The molecule has 2 rings (SSSR count). The van der Waals surface area contributed by atoms with Crippen LogP contribution in [-0.2, 0) is 6.54 Å². The molecule has 0 radical (unpaired) electrons. The molecule has 5 heteroatoms. The fourth-order valence-corrected chi connectivity index (χ4v) is 1.81. The molecule has 19 heavy (non-hydrogen) atoms. The van der Waals surface area contributed by atoms with Crippen LogP contribution in [0.3, 0.4) is 0 Å². The van der Waals surface area contributed by atoms with Crippen molar-refractivity contribution < 1.29 is 9.47 Å². The van der Waals surface area contributed by atoms with Crippen LogP contribution in [0.1, 0.15) is 18.2 Å². The van der Waals surface area contributed by atoms with Crippen molar-refractivity contribution in [1.82, 2.24) is 10.2 Å². The second kappa shape index (κ2) is 6.13. The third-order valence-corrected chi connectivity index (χ3v) is 2.88. The van der Waals surface area contributed by atoms with Crippen molar-refractivity contribution in [2.45, 2.75) is 20.4 Å². The molecule has 102 valence electrons. The summed E-state index contributed by atoms with van der Waals surface area (Å²) in [6.45, 7) is 5.29. The van der Waals surface area contributed by atoms with E-state index in [1.54, 1.807) is 7.11 Å². The molecule has 5 nitrogen and oxygen atoms in total. The van der Waals surface area contributed by atoms with Gasteiger partial charge in [-0.25, -0.2) is 0 Å². The number of hydrogen-bond donors (Lipinski definition) is 2. The molecule has 1 aromatic carbocycles. The summed E-state index contributed by atoms with van der Waals surface area (Å²) < 4.78 is 10.8. The van der Waals surface area contributed by atoms with Crippen molar-refractivity contribution in [3.05, 3.63) is 35.7 Å². The zero-order chi connectivity index (χ0) is 13.7. The van der Waals surface area contributed by atoms with Crippen LogP contribution in [0.15, 0.2) is 24.4 Å². The molecule has 0 unspecified atom stereocenters. The van der Waals surface area contributed by atoms with Gasteiger partial charge in [0.05, 0.1) is 19.9 Å². The molecule has 2 aromatic rings. The fourth-order valence-electron chi connectivity index (χ4n) is 1.81. The standard InChI is InChI=1S/C14H19N3O2/c1-4-19-14-7-12(5-6-13(14)18-3)15-8-11-9-16-17-10(11)2/h5-7,9,15H,4,8H2,1-3H3,(H,16,17). The molecular formula is C14H19N3O2. The van der Waals surface area contributed by atoms with Gasteiger partial charge in [0.15, 0.2) is 11.5 Å². The summed E-state index contributed by atoms with van der Waals surface area (Å²) in [6.07, 6.45) is 1.83. The summed E-state index contributed by atoms with van der Waals surface area (Å²) in [6, 6.07) is 5.81. The molecular weight excluding hydrogens is 242 g/mol. The quantitative estimate of drug-likeness (QED) is 0.839. The first-order valence-corrected chi connectivity index (χ1v) is 6.28. The Morgan fingerprint density at radius 3 is 2.79 bits per heavy atom. The number of hydrogen-bond acceptors (Lipinski definition) is 4. The number of benzene rings is 1. The Morgan fingerprint density at radius 2 is 2.16 bits per heavy atom. The highest BCUT2D eigenvalue weighted by molar-refractivity contribution is 5.55. The Hall–Kier alpha value is -2.17. The summed E-state index contributed by atoms with van der Waals surface area (Å²) in [5.41, 5.74) is 3.21. The van der Waals surface area contributed by atoms with Crippen LogP contribution in [0.2, 0.25) is 0 Å². The summed E-state index contributed by atoms with van der Waals surface area (Å²) in [4.78, 5) is 0. The molecule has 0 saturated carbocycles. The van der Waals surface area contributed by atoms with Crippen molar-refractivity contribution in [3.63, 3.8) is 0 Å². The number of nitrogens with one attached hydrogen (secondary N) is 2. The molecule has 0 bridgehead atoms. The monoisotopic (exact) mass is 261 g/mol. The van der Waals surface area contributed by atoms with Gasteiger partial charge in [0, 0.05) is 29.6 Å². The largest absolute Gasteiger partial charge is 0.493 e. The van der Waals surface area contributed by atoms with Gasteiger partial charge in [0.2, 0.25) is 0 Å². The second-order valence-corrected chi connectivity index (χ2v) is 4.17. The van der Waals surface area contributed by atoms with E-state index in [4.69, 9.17) is 9.47 Å². The first kappa shape index (κ1) is 13.3. The van der Waals surface area contributed by atoms with Gasteiger partial charge in [0.25, 0.3) is 0 Å². The summed E-state index contributed by atoms with van der Waals surface area (Å²) >= 11 is 0. The number of aromatic amines is 1. The molecule has 0 aliphatic heterocycles. The number of aromatic nitrogens is 2. The van der Waals surface area contributed by atoms with Gasteiger partial charge in [0.1, 0.15) is 0 Å². The molecule has 0 fully saturated rings. The zero-order valence-corrected chi connectivity index (χ0v) is 11.5. The SMILES string of the molecule is CCOc1cc(NCc2cn[nH]c2C)ccc1OC. The molecule has 1 aromatic heterocycles. The van der Waals surface area contributed by atoms with E-state index in [-0.39, 0.29) is 0 Å². The highest BCUT2D eigenvalue weighted by Crippen LogP contribution is 2.30. The summed E-state index contributed by atoms with van der Waals surface area (Å²) in [7, 11) is 1.64. The van der Waals surface area contributed by atoms with Crippen molar-refractivity contribution >= 4 is 5.69 Å². The number of nitrogens with zero attached hydrogens (tertiary/aromatic N) is 1. The van der Waals surface area contributed by atoms with Gasteiger partial charge in [-0.3, -0.25) is 5.10 Å². The average molecular weight is 261 g/mol. The van der Waals surface area contributed by atoms with Gasteiger partial charge >= 0.3 is 0 Å². The molecule has 0 aliphatic carbocycles. The van der Waals surface area contributed by atoms with Crippen LogP contribution in [0.25, 0.3) is 0 Å². The van der Waals surface area contributed by atoms with Crippen LogP contribution in [-0.4, -0.2) is 23.9 Å². The van der Waals surface area contributed by atoms with Crippen LogP contribution in [0.4, 0.5) is 5.69 Å². The van der Waals surface area contributed by atoms with Crippen LogP contribution < -0.4 is 14.8 Å². The van der Waals surface area contributed by atoms with Crippen molar-refractivity contribution in [1.29, 1.82) is 0 Å². The molecule has 0 atom stereocenters. The average Bonchev–Trinajstić information content (AvgIpc) is 2.82. The predicted octanol–water partition coefficient (Wildman–Crippen LogP) is 2.74. The predicted molar refractivity (Wildman–Crippen MR) is 74.8 cm³/mol. The minimum Gasteiger partial charge on any atom is -0.493 e. The maximum Gasteiger partial charge on any atom is 0.163 e. The Morgan fingerprint density at radius 1 is 1.32 bits per heavy atom. The Kier molecular flexibility index (Phi) is 4.28. The van der Waals surface area contributed by atoms with Gasteiger partial charge in [-0.2, -0.15) is 5.10 Å². The van der Waals surface area contributed by atoms with Gasteiger partial charge < -0.3 is 14.8 Å². The minimum atomic E-state index is 0.612. The number of H-pyrrole nitrogens is 1. The molecule has 1 heterocycles. The Labute approximate surface area is 112 Å². The maximum atomic E-state index is 5.55. The van der Waals surface area contributed by atoms with Gasteiger partial charge in [-0.1, -0.05) is 0 Å². The highest BCUT2D eigenvalue weighted by Gasteiger charge is 2.06. The van der Waals surface area contributed by atoms with E-state index < -0.39 is 0 Å². The fraction of sp³-hybridized carbons (Fsp3) is 0.357. The molecule has 0 amide bonds. The first-order chi connectivity index (χ1) is 9.24. The lowest BCUT2D eigenvalue weighted by atomic mass is 10.2. The Balaban J connectivity index is 2.08. The number of methoxy groups -OCH3 is 1. The zero-order valence-electron chi connectivity index (χ0n) is 11.5. The first-order valence-electron chi connectivity index (χ1n) is 6.28. The summed E-state index contributed by atoms with van der Waals surface area (Å²) in [5, 5.41) is 10.3. The van der Waals surface area contributed by atoms with E-state index in [9.17, 15) is 0 Å². The molecule has 0 saturated heterocycles. The number of anilines is 1. The van der Waals surface area contributed by atoms with E-state index in [1.807, 2.05) is 38.2 Å².